The molecule has 0 saturated carbocycles. The fourth-order valence-corrected chi connectivity index (χ4v) is 0.807. The maximum atomic E-state index is 12.9. The zero-order valence-electron chi connectivity index (χ0n) is 7.97. The molecule has 0 aliphatic rings. The van der Waals surface area contributed by atoms with E-state index < -0.39 is 12.1 Å². The van der Waals surface area contributed by atoms with Crippen LogP contribution in [0.5, 0.6) is 0 Å². The van der Waals surface area contributed by atoms with Gasteiger partial charge in [0.05, 0.1) is 6.10 Å². The van der Waals surface area contributed by atoms with Crippen molar-refractivity contribution in [1.29, 1.82) is 0 Å². The van der Waals surface area contributed by atoms with Crippen LogP contribution in [0.1, 0.15) is 40.0 Å². The third-order valence-corrected chi connectivity index (χ3v) is 1.42. The van der Waals surface area contributed by atoms with Gasteiger partial charge in [0.25, 0.3) is 0 Å². The molecule has 0 saturated heterocycles. The van der Waals surface area contributed by atoms with Gasteiger partial charge in [-0.05, 0) is 20.3 Å². The van der Waals surface area contributed by atoms with Crippen molar-refractivity contribution in [3.8, 4) is 0 Å². The summed E-state index contributed by atoms with van der Waals surface area (Å²) in [5.41, 5.74) is 0. The van der Waals surface area contributed by atoms with Crippen molar-refractivity contribution in [3.05, 3.63) is 0 Å². The van der Waals surface area contributed by atoms with Crippen molar-refractivity contribution in [3.63, 3.8) is 0 Å². The molecule has 2 nitrogen and oxygen atoms in total. The number of hydrogen-bond acceptors (Lipinski definition) is 2. The Morgan fingerprint density at radius 3 is 2.50 bits per heavy atom. The second kappa shape index (κ2) is 5.98. The average Bonchev–Trinajstić information content (AvgIpc) is 1.98. The summed E-state index contributed by atoms with van der Waals surface area (Å²) in [6, 6.07) is 0. The molecule has 1 unspecified atom stereocenters. The van der Waals surface area contributed by atoms with Crippen LogP contribution in [0, 0.1) is 0 Å². The van der Waals surface area contributed by atoms with Gasteiger partial charge in [0.2, 0.25) is 0 Å². The molecule has 0 spiro atoms. The summed E-state index contributed by atoms with van der Waals surface area (Å²) < 4.78 is 17.6. The molecule has 0 heterocycles. The van der Waals surface area contributed by atoms with Gasteiger partial charge in [0.1, 0.15) is 0 Å². The first kappa shape index (κ1) is 11.4. The predicted octanol–water partition coefficient (Wildman–Crippen LogP) is 2.47. The molecule has 12 heavy (non-hydrogen) atoms. The fourth-order valence-electron chi connectivity index (χ4n) is 0.807. The quantitative estimate of drug-likeness (QED) is 0.601. The minimum absolute atomic E-state index is 0.225. The SMILES string of the molecule is CCCCC(F)C(=O)OC(C)C. The number of ether oxygens (including phenoxy) is 1. The highest BCUT2D eigenvalue weighted by atomic mass is 19.1. The van der Waals surface area contributed by atoms with Crippen LogP contribution >= 0.6 is 0 Å². The highest BCUT2D eigenvalue weighted by molar-refractivity contribution is 5.74. The fraction of sp³-hybridized carbons (Fsp3) is 0.889. The normalized spacial score (nSPS) is 13.1. The second-order valence-corrected chi connectivity index (χ2v) is 3.10. The Kier molecular flexibility index (Phi) is 5.68. The largest absolute Gasteiger partial charge is 0.461 e. The Morgan fingerprint density at radius 2 is 2.08 bits per heavy atom. The monoisotopic (exact) mass is 176 g/mol. The van der Waals surface area contributed by atoms with Gasteiger partial charge in [-0.2, -0.15) is 0 Å². The van der Waals surface area contributed by atoms with Gasteiger partial charge >= 0.3 is 5.97 Å². The molecule has 0 radical (unpaired) electrons. The first-order chi connectivity index (χ1) is 5.57. The van der Waals surface area contributed by atoms with Crippen molar-refractivity contribution >= 4 is 5.97 Å². The summed E-state index contributed by atoms with van der Waals surface area (Å²) in [5.74, 6) is -0.724. The zero-order chi connectivity index (χ0) is 9.56. The van der Waals surface area contributed by atoms with Gasteiger partial charge in [0, 0.05) is 0 Å². The van der Waals surface area contributed by atoms with E-state index in [1.807, 2.05) is 6.92 Å². The lowest BCUT2D eigenvalue weighted by Gasteiger charge is -2.10. The van der Waals surface area contributed by atoms with E-state index in [9.17, 15) is 9.18 Å². The lowest BCUT2D eigenvalue weighted by atomic mass is 10.2. The molecule has 0 rings (SSSR count). The molecular formula is C9H17FO2. The lowest BCUT2D eigenvalue weighted by Crippen LogP contribution is -2.22. The van der Waals surface area contributed by atoms with Crippen LogP contribution in [0.2, 0.25) is 0 Å². The highest BCUT2D eigenvalue weighted by Gasteiger charge is 2.18. The van der Waals surface area contributed by atoms with Gasteiger partial charge in [-0.1, -0.05) is 19.8 Å². The van der Waals surface area contributed by atoms with Crippen LogP contribution in [0.15, 0.2) is 0 Å². The molecule has 1 atom stereocenters. The molecule has 0 amide bonds. The second-order valence-electron chi connectivity index (χ2n) is 3.10. The molecule has 0 bridgehead atoms. The average molecular weight is 176 g/mol. The van der Waals surface area contributed by atoms with Gasteiger partial charge in [-0.15, -0.1) is 0 Å². The van der Waals surface area contributed by atoms with Gasteiger partial charge < -0.3 is 4.74 Å². The van der Waals surface area contributed by atoms with Crippen LogP contribution in [0.4, 0.5) is 4.39 Å². The lowest BCUT2D eigenvalue weighted by molar-refractivity contribution is -0.153. The van der Waals surface area contributed by atoms with E-state index in [1.165, 1.54) is 0 Å². The van der Waals surface area contributed by atoms with Crippen LogP contribution in [-0.2, 0) is 9.53 Å². The van der Waals surface area contributed by atoms with Crippen molar-refractivity contribution in [2.75, 3.05) is 0 Å². The first-order valence-electron chi connectivity index (χ1n) is 4.42. The summed E-state index contributed by atoms with van der Waals surface area (Å²) in [4.78, 5) is 10.9. The highest BCUT2D eigenvalue weighted by Crippen LogP contribution is 2.07. The smallest absolute Gasteiger partial charge is 0.340 e. The third kappa shape index (κ3) is 5.10. The van der Waals surface area contributed by atoms with Crippen molar-refractivity contribution in [2.45, 2.75) is 52.3 Å². The summed E-state index contributed by atoms with van der Waals surface area (Å²) >= 11 is 0. The van der Waals surface area contributed by atoms with Crippen molar-refractivity contribution < 1.29 is 13.9 Å². The molecule has 0 aromatic rings. The number of rotatable bonds is 5. The number of hydrogen-bond donors (Lipinski definition) is 0. The summed E-state index contributed by atoms with van der Waals surface area (Å²) in [6.45, 7) is 5.38. The molecule has 3 heteroatoms. The van der Waals surface area contributed by atoms with Crippen molar-refractivity contribution in [2.24, 2.45) is 0 Å². The van der Waals surface area contributed by atoms with Crippen LogP contribution in [0.25, 0.3) is 0 Å². The Balaban J connectivity index is 3.61. The number of carbonyl (C=O) groups is 1. The molecule has 0 N–H and O–H groups in total. The minimum atomic E-state index is -1.44. The minimum Gasteiger partial charge on any atom is -0.461 e. The van der Waals surface area contributed by atoms with E-state index in [-0.39, 0.29) is 12.5 Å². The Labute approximate surface area is 73.1 Å². The molecule has 72 valence electrons. The Bertz CT molecular complexity index is 134. The summed E-state index contributed by atoms with van der Waals surface area (Å²) in [5, 5.41) is 0. The van der Waals surface area contributed by atoms with E-state index in [0.717, 1.165) is 12.8 Å². The van der Waals surface area contributed by atoms with Crippen LogP contribution in [0.3, 0.4) is 0 Å². The number of halogens is 1. The van der Waals surface area contributed by atoms with Crippen LogP contribution in [-0.4, -0.2) is 18.2 Å². The van der Waals surface area contributed by atoms with Crippen LogP contribution < -0.4 is 0 Å². The van der Waals surface area contributed by atoms with Gasteiger partial charge in [-0.25, -0.2) is 9.18 Å². The number of unbranched alkanes of at least 4 members (excludes halogenated alkanes) is 1. The Morgan fingerprint density at radius 1 is 1.50 bits per heavy atom. The summed E-state index contributed by atoms with van der Waals surface area (Å²) in [7, 11) is 0. The third-order valence-electron chi connectivity index (χ3n) is 1.42. The maximum absolute atomic E-state index is 12.9. The zero-order valence-corrected chi connectivity index (χ0v) is 7.97. The molecule has 0 aliphatic heterocycles. The molecular weight excluding hydrogens is 159 g/mol. The number of esters is 1. The summed E-state index contributed by atoms with van der Waals surface area (Å²) in [6.07, 6.45) is 0.246. The molecule has 0 aromatic heterocycles. The first-order valence-corrected chi connectivity index (χ1v) is 4.42. The van der Waals surface area contributed by atoms with E-state index in [4.69, 9.17) is 4.74 Å². The predicted molar refractivity (Wildman–Crippen MR) is 45.6 cm³/mol. The van der Waals surface area contributed by atoms with Gasteiger partial charge in [0.15, 0.2) is 6.17 Å². The topological polar surface area (TPSA) is 26.3 Å². The molecule has 0 aliphatic carbocycles. The molecule has 0 fully saturated rings. The van der Waals surface area contributed by atoms with Gasteiger partial charge in [-0.3, -0.25) is 0 Å². The van der Waals surface area contributed by atoms with E-state index in [2.05, 4.69) is 0 Å². The van der Waals surface area contributed by atoms with E-state index in [0.29, 0.717) is 0 Å². The molecule has 0 aromatic carbocycles. The van der Waals surface area contributed by atoms with E-state index >= 15 is 0 Å². The number of alkyl halides is 1. The standard InChI is InChI=1S/C9H17FO2/c1-4-5-6-8(10)9(11)12-7(2)3/h7-8H,4-6H2,1-3H3. The maximum Gasteiger partial charge on any atom is 0.340 e. The van der Waals surface area contributed by atoms with E-state index in [1.54, 1.807) is 13.8 Å². The van der Waals surface area contributed by atoms with Crippen molar-refractivity contribution in [1.82, 2.24) is 0 Å². The number of carbonyl (C=O) groups excluding carboxylic acids is 1. The Hall–Kier alpha value is -0.600.